The molecular weight excluding hydrogens is 242 g/mol. The Labute approximate surface area is 112 Å². The third-order valence-corrected chi connectivity index (χ3v) is 3.81. The Morgan fingerprint density at radius 3 is 3.11 bits per heavy atom. The fourth-order valence-electron chi connectivity index (χ4n) is 2.75. The van der Waals surface area contributed by atoms with Crippen molar-refractivity contribution >= 4 is 23.0 Å². The summed E-state index contributed by atoms with van der Waals surface area (Å²) in [6, 6.07) is 4.00. The molecule has 102 valence electrons. The highest BCUT2D eigenvalue weighted by Gasteiger charge is 2.24. The molecule has 0 spiro atoms. The first kappa shape index (κ1) is 12.3. The molecule has 1 aromatic carbocycles. The molecule has 0 bridgehead atoms. The molecule has 5 nitrogen and oxygen atoms in total. The van der Waals surface area contributed by atoms with E-state index in [9.17, 15) is 4.79 Å². The van der Waals surface area contributed by atoms with E-state index in [0.29, 0.717) is 12.1 Å². The van der Waals surface area contributed by atoms with Gasteiger partial charge in [-0.05, 0) is 37.5 Å². The summed E-state index contributed by atoms with van der Waals surface area (Å²) in [5.41, 5.74) is 9.42. The van der Waals surface area contributed by atoms with Crippen molar-refractivity contribution in [3.05, 3.63) is 17.7 Å². The number of hydrogen-bond donors (Lipinski definition) is 3. The Bertz CT molecular complexity index is 510. The molecule has 0 aromatic heterocycles. The van der Waals surface area contributed by atoms with E-state index in [4.69, 9.17) is 10.5 Å². The predicted molar refractivity (Wildman–Crippen MR) is 75.2 cm³/mol. The molecule has 2 aliphatic rings. The molecule has 0 aliphatic carbocycles. The zero-order chi connectivity index (χ0) is 13.4. The van der Waals surface area contributed by atoms with Crippen LogP contribution in [0.3, 0.4) is 0 Å². The summed E-state index contributed by atoms with van der Waals surface area (Å²) >= 11 is 0. The SMILES string of the molecule is CC(Nc1cc2c(cc1N)CC(=O)N2)C1CCCO1. The van der Waals surface area contributed by atoms with Gasteiger partial charge < -0.3 is 21.1 Å². The lowest BCUT2D eigenvalue weighted by atomic mass is 10.1. The number of nitrogens with two attached hydrogens (primary N) is 1. The van der Waals surface area contributed by atoms with Crippen molar-refractivity contribution in [3.63, 3.8) is 0 Å². The third-order valence-electron chi connectivity index (χ3n) is 3.81. The van der Waals surface area contributed by atoms with Crippen molar-refractivity contribution < 1.29 is 9.53 Å². The van der Waals surface area contributed by atoms with Gasteiger partial charge in [0.25, 0.3) is 0 Å². The first-order valence-electron chi connectivity index (χ1n) is 6.74. The maximum atomic E-state index is 11.4. The first-order chi connectivity index (χ1) is 9.13. The van der Waals surface area contributed by atoms with Gasteiger partial charge in [0.05, 0.1) is 23.9 Å². The van der Waals surface area contributed by atoms with Crippen LogP contribution in [0.25, 0.3) is 0 Å². The predicted octanol–water partition coefficient (Wildman–Crippen LogP) is 1.74. The first-order valence-corrected chi connectivity index (χ1v) is 6.74. The second-order valence-electron chi connectivity index (χ2n) is 5.31. The number of hydrogen-bond acceptors (Lipinski definition) is 4. The lowest BCUT2D eigenvalue weighted by molar-refractivity contribution is -0.115. The van der Waals surface area contributed by atoms with Gasteiger partial charge in [0.15, 0.2) is 0 Å². The standard InChI is InChI=1S/C14H19N3O2/c1-8(13-3-2-4-19-13)16-12-7-11-9(5-10(12)15)6-14(18)17-11/h5,7-8,13,16H,2-4,6,15H2,1H3,(H,17,18). The fourth-order valence-corrected chi connectivity index (χ4v) is 2.75. The molecule has 2 atom stereocenters. The van der Waals surface area contributed by atoms with E-state index in [2.05, 4.69) is 17.6 Å². The molecule has 3 rings (SSSR count). The van der Waals surface area contributed by atoms with Gasteiger partial charge in [0.2, 0.25) is 5.91 Å². The molecule has 0 radical (unpaired) electrons. The number of carbonyl (C=O) groups is 1. The zero-order valence-corrected chi connectivity index (χ0v) is 11.0. The average molecular weight is 261 g/mol. The maximum Gasteiger partial charge on any atom is 0.228 e. The van der Waals surface area contributed by atoms with Crippen molar-refractivity contribution in [2.75, 3.05) is 23.0 Å². The lowest BCUT2D eigenvalue weighted by Crippen LogP contribution is -2.30. The maximum absolute atomic E-state index is 11.4. The number of rotatable bonds is 3. The summed E-state index contributed by atoms with van der Waals surface area (Å²) < 4.78 is 5.66. The van der Waals surface area contributed by atoms with Crippen LogP contribution >= 0.6 is 0 Å². The number of nitrogen functional groups attached to an aromatic ring is 1. The monoisotopic (exact) mass is 261 g/mol. The molecule has 1 aromatic rings. The highest BCUT2D eigenvalue weighted by molar-refractivity contribution is 6.00. The number of anilines is 3. The molecule has 1 fully saturated rings. The number of ether oxygens (including phenoxy) is 1. The van der Waals surface area contributed by atoms with Gasteiger partial charge in [-0.25, -0.2) is 0 Å². The van der Waals surface area contributed by atoms with Gasteiger partial charge in [0, 0.05) is 18.3 Å². The molecular formula is C14H19N3O2. The smallest absolute Gasteiger partial charge is 0.228 e. The van der Waals surface area contributed by atoms with Gasteiger partial charge in [0.1, 0.15) is 0 Å². The number of fused-ring (bicyclic) bond motifs is 1. The number of benzene rings is 1. The Kier molecular flexibility index (Phi) is 3.06. The highest BCUT2D eigenvalue weighted by atomic mass is 16.5. The Morgan fingerprint density at radius 1 is 1.53 bits per heavy atom. The van der Waals surface area contributed by atoms with Crippen molar-refractivity contribution in [3.8, 4) is 0 Å². The molecule has 1 saturated heterocycles. The Balaban J connectivity index is 1.77. The van der Waals surface area contributed by atoms with Crippen LogP contribution < -0.4 is 16.4 Å². The summed E-state index contributed by atoms with van der Waals surface area (Å²) in [6.07, 6.45) is 2.85. The van der Waals surface area contributed by atoms with Gasteiger partial charge in [-0.15, -0.1) is 0 Å². The third kappa shape index (κ3) is 2.38. The van der Waals surface area contributed by atoms with Crippen LogP contribution in [0.1, 0.15) is 25.3 Å². The van der Waals surface area contributed by atoms with Crippen LogP contribution in [0.4, 0.5) is 17.1 Å². The van der Waals surface area contributed by atoms with Crippen molar-refractivity contribution in [2.24, 2.45) is 0 Å². The normalized spacial score (nSPS) is 23.0. The summed E-state index contributed by atoms with van der Waals surface area (Å²) in [6.45, 7) is 2.94. The summed E-state index contributed by atoms with van der Waals surface area (Å²) in [5.74, 6) is 0.0266. The van der Waals surface area contributed by atoms with Crippen molar-refractivity contribution in [1.82, 2.24) is 0 Å². The minimum Gasteiger partial charge on any atom is -0.397 e. The topological polar surface area (TPSA) is 76.4 Å². The minimum absolute atomic E-state index is 0.0266. The van der Waals surface area contributed by atoms with Gasteiger partial charge in [-0.1, -0.05) is 0 Å². The minimum atomic E-state index is 0.0266. The molecule has 2 aliphatic heterocycles. The quantitative estimate of drug-likeness (QED) is 0.724. The largest absolute Gasteiger partial charge is 0.397 e. The van der Waals surface area contributed by atoms with E-state index in [1.54, 1.807) is 0 Å². The van der Waals surface area contributed by atoms with Crippen LogP contribution in [-0.4, -0.2) is 24.7 Å². The van der Waals surface area contributed by atoms with E-state index in [0.717, 1.165) is 36.4 Å². The van der Waals surface area contributed by atoms with E-state index < -0.39 is 0 Å². The lowest BCUT2D eigenvalue weighted by Gasteiger charge is -2.22. The molecule has 4 N–H and O–H groups in total. The van der Waals surface area contributed by atoms with Gasteiger partial charge in [-0.3, -0.25) is 4.79 Å². The van der Waals surface area contributed by atoms with E-state index in [1.165, 1.54) is 0 Å². The van der Waals surface area contributed by atoms with Crippen LogP contribution in [0.5, 0.6) is 0 Å². The van der Waals surface area contributed by atoms with E-state index in [1.807, 2.05) is 12.1 Å². The second-order valence-corrected chi connectivity index (χ2v) is 5.31. The molecule has 1 amide bonds. The second kappa shape index (κ2) is 4.74. The molecule has 2 unspecified atom stereocenters. The molecule has 5 heteroatoms. The number of nitrogens with one attached hydrogen (secondary N) is 2. The van der Waals surface area contributed by atoms with Crippen LogP contribution in [0.15, 0.2) is 12.1 Å². The summed E-state index contributed by atoms with van der Waals surface area (Å²) in [5, 5.41) is 6.24. The summed E-state index contributed by atoms with van der Waals surface area (Å²) in [7, 11) is 0. The molecule has 2 heterocycles. The van der Waals surface area contributed by atoms with Gasteiger partial charge >= 0.3 is 0 Å². The van der Waals surface area contributed by atoms with Gasteiger partial charge in [-0.2, -0.15) is 0 Å². The van der Waals surface area contributed by atoms with Crippen LogP contribution in [0.2, 0.25) is 0 Å². The zero-order valence-electron chi connectivity index (χ0n) is 11.0. The van der Waals surface area contributed by atoms with Crippen molar-refractivity contribution in [1.29, 1.82) is 0 Å². The van der Waals surface area contributed by atoms with E-state index >= 15 is 0 Å². The fraction of sp³-hybridized carbons (Fsp3) is 0.500. The van der Waals surface area contributed by atoms with Crippen LogP contribution in [0, 0.1) is 0 Å². The number of amides is 1. The molecule has 19 heavy (non-hydrogen) atoms. The molecule has 0 saturated carbocycles. The van der Waals surface area contributed by atoms with Crippen molar-refractivity contribution in [2.45, 2.75) is 38.3 Å². The number of carbonyl (C=O) groups excluding carboxylic acids is 1. The highest BCUT2D eigenvalue weighted by Crippen LogP contribution is 2.32. The average Bonchev–Trinajstić information content (AvgIpc) is 2.97. The van der Waals surface area contributed by atoms with E-state index in [-0.39, 0.29) is 18.1 Å². The summed E-state index contributed by atoms with van der Waals surface area (Å²) in [4.78, 5) is 11.4. The Morgan fingerprint density at radius 2 is 2.37 bits per heavy atom. The van der Waals surface area contributed by atoms with Crippen LogP contribution in [-0.2, 0) is 16.0 Å². The Hall–Kier alpha value is -1.75.